The molecule has 0 fully saturated rings. The van der Waals surface area contributed by atoms with Crippen LogP contribution < -0.4 is 5.32 Å². The highest BCUT2D eigenvalue weighted by Gasteiger charge is 2.00. The van der Waals surface area contributed by atoms with Gasteiger partial charge >= 0.3 is 0 Å². The van der Waals surface area contributed by atoms with Gasteiger partial charge in [-0.2, -0.15) is 0 Å². The summed E-state index contributed by atoms with van der Waals surface area (Å²) in [7, 11) is 0. The second kappa shape index (κ2) is 4.91. The Morgan fingerprint density at radius 3 is 2.69 bits per heavy atom. The summed E-state index contributed by atoms with van der Waals surface area (Å²) in [5.41, 5.74) is 1.12. The van der Waals surface area contributed by atoms with Gasteiger partial charge in [-0.1, -0.05) is 19.9 Å². The molecule has 0 spiro atoms. The zero-order chi connectivity index (χ0) is 9.84. The molecular weight excluding hydrogens is 280 g/mol. The number of hydrogen-bond acceptors (Lipinski definition) is 1. The largest absolute Gasteiger partial charge is 0.310 e. The minimum Gasteiger partial charge on any atom is -0.310 e. The highest BCUT2D eigenvalue weighted by molar-refractivity contribution is 14.1. The van der Waals surface area contributed by atoms with Gasteiger partial charge in [0.15, 0.2) is 0 Å². The lowest BCUT2D eigenvalue weighted by atomic mass is 10.2. The zero-order valence-electron chi connectivity index (χ0n) is 7.77. The first kappa shape index (κ1) is 10.9. The van der Waals surface area contributed by atoms with E-state index in [0.717, 1.165) is 12.1 Å². The lowest BCUT2D eigenvalue weighted by Gasteiger charge is -2.08. The number of rotatable bonds is 3. The van der Waals surface area contributed by atoms with Crippen molar-refractivity contribution in [2.45, 2.75) is 26.4 Å². The predicted octanol–water partition coefficient (Wildman–Crippen LogP) is 2.93. The first-order valence-corrected chi connectivity index (χ1v) is 5.35. The fourth-order valence-electron chi connectivity index (χ4n) is 0.972. The van der Waals surface area contributed by atoms with Crippen LogP contribution in [0.3, 0.4) is 0 Å². The molecule has 1 N–H and O–H groups in total. The molecule has 1 aromatic rings. The highest BCUT2D eigenvalue weighted by Crippen LogP contribution is 2.12. The van der Waals surface area contributed by atoms with Crippen molar-refractivity contribution < 1.29 is 4.39 Å². The molecule has 0 heterocycles. The maximum absolute atomic E-state index is 12.9. The highest BCUT2D eigenvalue weighted by atomic mass is 127. The van der Waals surface area contributed by atoms with Crippen molar-refractivity contribution in [2.75, 3.05) is 0 Å². The quantitative estimate of drug-likeness (QED) is 0.845. The SMILES string of the molecule is CC(C)NCc1ccc(F)c(I)c1. The summed E-state index contributed by atoms with van der Waals surface area (Å²) in [6.45, 7) is 4.98. The summed E-state index contributed by atoms with van der Waals surface area (Å²) in [6, 6.07) is 5.65. The molecule has 0 aliphatic rings. The average Bonchev–Trinajstić information content (AvgIpc) is 2.07. The van der Waals surface area contributed by atoms with Crippen LogP contribution >= 0.6 is 22.6 Å². The summed E-state index contributed by atoms with van der Waals surface area (Å²) in [6.07, 6.45) is 0. The normalized spacial score (nSPS) is 10.8. The van der Waals surface area contributed by atoms with E-state index in [-0.39, 0.29) is 5.82 Å². The van der Waals surface area contributed by atoms with Gasteiger partial charge in [-0.25, -0.2) is 4.39 Å². The fourth-order valence-corrected chi connectivity index (χ4v) is 1.55. The first-order valence-electron chi connectivity index (χ1n) is 4.27. The lowest BCUT2D eigenvalue weighted by molar-refractivity contribution is 0.585. The third-order valence-electron chi connectivity index (χ3n) is 1.70. The Bertz CT molecular complexity index is 286. The van der Waals surface area contributed by atoms with E-state index in [2.05, 4.69) is 19.2 Å². The van der Waals surface area contributed by atoms with Gasteiger partial charge in [0.25, 0.3) is 0 Å². The molecule has 0 radical (unpaired) electrons. The van der Waals surface area contributed by atoms with E-state index in [1.165, 1.54) is 6.07 Å². The molecule has 3 heteroatoms. The van der Waals surface area contributed by atoms with Crippen molar-refractivity contribution in [1.82, 2.24) is 5.32 Å². The topological polar surface area (TPSA) is 12.0 Å². The van der Waals surface area contributed by atoms with Gasteiger partial charge in [0.1, 0.15) is 5.82 Å². The third-order valence-corrected chi connectivity index (χ3v) is 2.53. The monoisotopic (exact) mass is 293 g/mol. The molecule has 0 bridgehead atoms. The smallest absolute Gasteiger partial charge is 0.136 e. The molecule has 0 saturated carbocycles. The lowest BCUT2D eigenvalue weighted by Crippen LogP contribution is -2.21. The van der Waals surface area contributed by atoms with Crippen LogP contribution in [0.1, 0.15) is 19.4 Å². The van der Waals surface area contributed by atoms with Crippen LogP contribution in [0.5, 0.6) is 0 Å². The molecule has 0 saturated heterocycles. The molecule has 72 valence electrons. The van der Waals surface area contributed by atoms with Crippen LogP contribution in [-0.2, 0) is 6.54 Å². The summed E-state index contributed by atoms with van der Waals surface area (Å²) < 4.78 is 13.6. The Kier molecular flexibility index (Phi) is 4.12. The summed E-state index contributed by atoms with van der Waals surface area (Å²) in [5, 5.41) is 3.28. The van der Waals surface area contributed by atoms with Gasteiger partial charge in [0.2, 0.25) is 0 Å². The van der Waals surface area contributed by atoms with Gasteiger partial charge in [0.05, 0.1) is 0 Å². The van der Waals surface area contributed by atoms with Gasteiger partial charge in [-0.15, -0.1) is 0 Å². The third kappa shape index (κ3) is 3.60. The van der Waals surface area contributed by atoms with Gasteiger partial charge in [-0.3, -0.25) is 0 Å². The van der Waals surface area contributed by atoms with E-state index in [0.29, 0.717) is 9.61 Å². The van der Waals surface area contributed by atoms with Crippen molar-refractivity contribution in [3.63, 3.8) is 0 Å². The molecule has 0 aliphatic heterocycles. The van der Waals surface area contributed by atoms with Crippen molar-refractivity contribution in [1.29, 1.82) is 0 Å². The minimum atomic E-state index is -0.145. The van der Waals surface area contributed by atoms with Gasteiger partial charge in [0, 0.05) is 16.2 Å². The maximum Gasteiger partial charge on any atom is 0.136 e. The van der Waals surface area contributed by atoms with Crippen LogP contribution in [0, 0.1) is 9.39 Å². The molecule has 1 nitrogen and oxygen atoms in total. The molecule has 0 amide bonds. The maximum atomic E-state index is 12.9. The summed E-state index contributed by atoms with van der Waals surface area (Å²) in [5.74, 6) is -0.145. The summed E-state index contributed by atoms with van der Waals surface area (Å²) in [4.78, 5) is 0. The molecule has 13 heavy (non-hydrogen) atoms. The Morgan fingerprint density at radius 2 is 2.15 bits per heavy atom. The Balaban J connectivity index is 2.63. The predicted molar refractivity (Wildman–Crippen MR) is 61.1 cm³/mol. The number of hydrogen-bond donors (Lipinski definition) is 1. The van der Waals surface area contributed by atoms with Crippen LogP contribution in [0.4, 0.5) is 4.39 Å². The van der Waals surface area contributed by atoms with Crippen LogP contribution in [0.15, 0.2) is 18.2 Å². The number of halogens is 2. The minimum absolute atomic E-state index is 0.145. The van der Waals surface area contributed by atoms with Gasteiger partial charge in [-0.05, 0) is 40.3 Å². The van der Waals surface area contributed by atoms with E-state index in [9.17, 15) is 4.39 Å². The Morgan fingerprint density at radius 1 is 1.46 bits per heavy atom. The standard InChI is InChI=1S/C10H13FIN/c1-7(2)13-6-8-3-4-9(11)10(12)5-8/h3-5,7,13H,6H2,1-2H3. The van der Waals surface area contributed by atoms with Crippen molar-refractivity contribution in [3.05, 3.63) is 33.1 Å². The van der Waals surface area contributed by atoms with Crippen LogP contribution in [0.25, 0.3) is 0 Å². The number of nitrogens with one attached hydrogen (secondary N) is 1. The molecule has 1 rings (SSSR count). The Labute approximate surface area is 91.9 Å². The molecular formula is C10H13FIN. The number of benzene rings is 1. The van der Waals surface area contributed by atoms with Crippen molar-refractivity contribution in [2.24, 2.45) is 0 Å². The van der Waals surface area contributed by atoms with Crippen LogP contribution in [0.2, 0.25) is 0 Å². The zero-order valence-corrected chi connectivity index (χ0v) is 9.93. The molecule has 0 aromatic heterocycles. The van der Waals surface area contributed by atoms with E-state index in [4.69, 9.17) is 0 Å². The Hall–Kier alpha value is -0.160. The van der Waals surface area contributed by atoms with E-state index >= 15 is 0 Å². The van der Waals surface area contributed by atoms with Crippen molar-refractivity contribution >= 4 is 22.6 Å². The second-order valence-electron chi connectivity index (χ2n) is 3.28. The molecule has 0 aliphatic carbocycles. The second-order valence-corrected chi connectivity index (χ2v) is 4.45. The molecule has 1 aromatic carbocycles. The molecule has 0 atom stereocenters. The van der Waals surface area contributed by atoms with E-state index in [1.807, 2.05) is 34.7 Å². The first-order chi connectivity index (χ1) is 6.09. The van der Waals surface area contributed by atoms with Crippen molar-refractivity contribution in [3.8, 4) is 0 Å². The fraction of sp³-hybridized carbons (Fsp3) is 0.400. The molecule has 0 unspecified atom stereocenters. The van der Waals surface area contributed by atoms with E-state index < -0.39 is 0 Å². The van der Waals surface area contributed by atoms with Gasteiger partial charge < -0.3 is 5.32 Å². The van der Waals surface area contributed by atoms with Crippen LogP contribution in [-0.4, -0.2) is 6.04 Å². The average molecular weight is 293 g/mol. The van der Waals surface area contributed by atoms with E-state index in [1.54, 1.807) is 0 Å². The summed E-state index contributed by atoms with van der Waals surface area (Å²) >= 11 is 2.00.